The fourth-order valence-electron chi connectivity index (χ4n) is 3.81. The van der Waals surface area contributed by atoms with Gasteiger partial charge in [0.15, 0.2) is 0 Å². The summed E-state index contributed by atoms with van der Waals surface area (Å²) in [5.41, 5.74) is 0.700. The maximum Gasteiger partial charge on any atom is 0.408 e. The molecule has 0 bridgehead atoms. The van der Waals surface area contributed by atoms with E-state index in [0.29, 0.717) is 12.0 Å². The molecule has 38 heavy (non-hydrogen) atoms. The van der Waals surface area contributed by atoms with E-state index in [1.165, 1.54) is 12.0 Å². The largest absolute Gasteiger partial charge is 0.468 e. The molecule has 0 spiro atoms. The maximum absolute atomic E-state index is 13.7. The van der Waals surface area contributed by atoms with Crippen molar-refractivity contribution >= 4 is 23.9 Å². The van der Waals surface area contributed by atoms with E-state index in [2.05, 4.69) is 22.3 Å². The van der Waals surface area contributed by atoms with Crippen molar-refractivity contribution in [2.24, 2.45) is 0 Å². The molecule has 0 saturated carbocycles. The smallest absolute Gasteiger partial charge is 0.408 e. The minimum Gasteiger partial charge on any atom is -0.468 e. The van der Waals surface area contributed by atoms with Crippen LogP contribution in [-0.4, -0.2) is 72.3 Å². The Kier molecular flexibility index (Phi) is 14.4. The second-order valence-corrected chi connectivity index (χ2v) is 10.3. The van der Waals surface area contributed by atoms with Gasteiger partial charge >= 0.3 is 12.1 Å². The van der Waals surface area contributed by atoms with Crippen molar-refractivity contribution in [1.29, 1.82) is 0 Å². The van der Waals surface area contributed by atoms with Crippen molar-refractivity contribution in [2.75, 3.05) is 26.8 Å². The Morgan fingerprint density at radius 2 is 1.61 bits per heavy atom. The number of nitrogens with one attached hydrogen (secondary N) is 2. The van der Waals surface area contributed by atoms with Gasteiger partial charge in [-0.2, -0.15) is 0 Å². The molecule has 2 unspecified atom stereocenters. The zero-order valence-electron chi connectivity index (χ0n) is 23.7. The standard InChI is InChI=1S/C28H45N3O7/c1-7-8-9-10-11-12-17-31(26(35)22(19-32)30-27(36)38-28(3,4)5)24(21-15-13-20(2)14-16-21)25(34)29-18-23(33)37-6/h13-16,22,24,32H,7-12,17-19H2,1-6H3,(H,29,34)(H,30,36). The van der Waals surface area contributed by atoms with Gasteiger partial charge in [0.2, 0.25) is 11.8 Å². The van der Waals surface area contributed by atoms with Gasteiger partial charge in [-0.15, -0.1) is 0 Å². The van der Waals surface area contributed by atoms with Gasteiger partial charge in [0.25, 0.3) is 0 Å². The van der Waals surface area contributed by atoms with Gasteiger partial charge < -0.3 is 30.1 Å². The molecule has 214 valence electrons. The van der Waals surface area contributed by atoms with E-state index in [9.17, 15) is 24.3 Å². The monoisotopic (exact) mass is 535 g/mol. The molecule has 2 atom stereocenters. The molecule has 0 fully saturated rings. The van der Waals surface area contributed by atoms with Crippen molar-refractivity contribution in [1.82, 2.24) is 15.5 Å². The number of nitrogens with zero attached hydrogens (tertiary/aromatic N) is 1. The lowest BCUT2D eigenvalue weighted by Gasteiger charge is -2.34. The normalized spacial score (nSPS) is 12.7. The Labute approximate surface area is 226 Å². The zero-order chi connectivity index (χ0) is 28.7. The first-order valence-corrected chi connectivity index (χ1v) is 13.2. The fraction of sp³-hybridized carbons (Fsp3) is 0.643. The number of benzene rings is 1. The minimum absolute atomic E-state index is 0.210. The number of hydrogen-bond acceptors (Lipinski definition) is 7. The predicted molar refractivity (Wildman–Crippen MR) is 144 cm³/mol. The van der Waals surface area contributed by atoms with E-state index in [0.717, 1.165) is 37.7 Å². The highest BCUT2D eigenvalue weighted by atomic mass is 16.6. The van der Waals surface area contributed by atoms with Crippen molar-refractivity contribution in [2.45, 2.75) is 90.8 Å². The third-order valence-electron chi connectivity index (χ3n) is 5.80. The molecule has 1 rings (SSSR count). The molecule has 3 N–H and O–H groups in total. The van der Waals surface area contributed by atoms with Crippen LogP contribution in [-0.2, 0) is 23.9 Å². The molecule has 1 aromatic carbocycles. The van der Waals surface area contributed by atoms with Crippen LogP contribution in [0.2, 0.25) is 0 Å². The molecule has 0 saturated heterocycles. The Morgan fingerprint density at radius 3 is 2.16 bits per heavy atom. The number of hydrogen-bond donors (Lipinski definition) is 3. The third-order valence-corrected chi connectivity index (χ3v) is 5.80. The number of carbonyl (C=O) groups is 4. The summed E-state index contributed by atoms with van der Waals surface area (Å²) in [6.07, 6.45) is 4.90. The summed E-state index contributed by atoms with van der Waals surface area (Å²) in [6, 6.07) is 4.71. The maximum atomic E-state index is 13.7. The number of aryl methyl sites for hydroxylation is 1. The van der Waals surface area contributed by atoms with Crippen LogP contribution in [0.15, 0.2) is 24.3 Å². The van der Waals surface area contributed by atoms with Gasteiger partial charge in [-0.05, 0) is 39.7 Å². The molecule has 0 radical (unpaired) electrons. The summed E-state index contributed by atoms with van der Waals surface area (Å²) in [5.74, 6) is -1.84. The number of methoxy groups -OCH3 is 1. The highest BCUT2D eigenvalue weighted by Crippen LogP contribution is 2.24. The Bertz CT molecular complexity index is 897. The number of carbonyl (C=O) groups excluding carboxylic acids is 4. The van der Waals surface area contributed by atoms with Crippen LogP contribution >= 0.6 is 0 Å². The quantitative estimate of drug-likeness (QED) is 0.231. The van der Waals surface area contributed by atoms with Crippen molar-refractivity contribution in [3.8, 4) is 0 Å². The highest BCUT2D eigenvalue weighted by Gasteiger charge is 2.36. The summed E-state index contributed by atoms with van der Waals surface area (Å²) in [5, 5.41) is 15.0. The summed E-state index contributed by atoms with van der Waals surface area (Å²) in [4.78, 5) is 52.6. The molecule has 0 aliphatic carbocycles. The van der Waals surface area contributed by atoms with Crippen LogP contribution in [0.1, 0.15) is 83.4 Å². The topological polar surface area (TPSA) is 134 Å². The number of ether oxygens (including phenoxy) is 2. The van der Waals surface area contributed by atoms with Crippen LogP contribution in [0, 0.1) is 6.92 Å². The Morgan fingerprint density at radius 1 is 1.00 bits per heavy atom. The fourth-order valence-corrected chi connectivity index (χ4v) is 3.81. The second kappa shape index (κ2) is 16.7. The molecule has 0 heterocycles. The summed E-state index contributed by atoms with van der Waals surface area (Å²) in [6.45, 7) is 8.26. The van der Waals surface area contributed by atoms with Crippen molar-refractivity contribution in [3.05, 3.63) is 35.4 Å². The summed E-state index contributed by atoms with van der Waals surface area (Å²) >= 11 is 0. The molecule has 0 aliphatic heterocycles. The van der Waals surface area contributed by atoms with Crippen LogP contribution in [0.5, 0.6) is 0 Å². The molecular weight excluding hydrogens is 490 g/mol. The van der Waals surface area contributed by atoms with Crippen LogP contribution in [0.25, 0.3) is 0 Å². The lowest BCUT2D eigenvalue weighted by atomic mass is 10.0. The van der Waals surface area contributed by atoms with Gasteiger partial charge in [0.1, 0.15) is 24.2 Å². The number of amides is 3. The molecule has 10 heteroatoms. The average molecular weight is 536 g/mol. The van der Waals surface area contributed by atoms with E-state index in [-0.39, 0.29) is 13.1 Å². The molecule has 1 aromatic rings. The van der Waals surface area contributed by atoms with E-state index in [1.807, 2.05) is 19.1 Å². The third kappa shape index (κ3) is 11.9. The minimum atomic E-state index is -1.33. The van der Waals surface area contributed by atoms with Gasteiger partial charge in [-0.3, -0.25) is 14.4 Å². The SMILES string of the molecule is CCCCCCCCN(C(=O)C(CO)NC(=O)OC(C)(C)C)C(C(=O)NCC(=O)OC)c1ccc(C)cc1. The molecule has 0 aliphatic rings. The second-order valence-electron chi connectivity index (χ2n) is 10.3. The molecule has 0 aromatic heterocycles. The van der Waals surface area contributed by atoms with E-state index in [1.54, 1.807) is 32.9 Å². The van der Waals surface area contributed by atoms with Gasteiger partial charge in [-0.25, -0.2) is 4.79 Å². The zero-order valence-corrected chi connectivity index (χ0v) is 23.7. The first kappa shape index (κ1) is 32.9. The molecular formula is C28H45N3O7. The van der Waals surface area contributed by atoms with Gasteiger partial charge in [0.05, 0.1) is 13.7 Å². The van der Waals surface area contributed by atoms with E-state index < -0.39 is 48.2 Å². The van der Waals surface area contributed by atoms with Crippen LogP contribution < -0.4 is 10.6 Å². The van der Waals surface area contributed by atoms with Crippen molar-refractivity contribution < 1.29 is 33.8 Å². The van der Waals surface area contributed by atoms with E-state index >= 15 is 0 Å². The summed E-state index contributed by atoms with van der Waals surface area (Å²) < 4.78 is 9.89. The van der Waals surface area contributed by atoms with Crippen molar-refractivity contribution in [3.63, 3.8) is 0 Å². The lowest BCUT2D eigenvalue weighted by Crippen LogP contribution is -2.54. The number of aliphatic hydroxyl groups is 1. The van der Waals surface area contributed by atoms with Gasteiger partial charge in [0, 0.05) is 6.54 Å². The molecule has 10 nitrogen and oxygen atoms in total. The summed E-state index contributed by atoms with van der Waals surface area (Å²) in [7, 11) is 1.22. The first-order valence-electron chi connectivity index (χ1n) is 13.2. The van der Waals surface area contributed by atoms with Crippen LogP contribution in [0.4, 0.5) is 4.79 Å². The highest BCUT2D eigenvalue weighted by molar-refractivity contribution is 5.93. The number of aliphatic hydroxyl groups excluding tert-OH is 1. The number of esters is 1. The first-order chi connectivity index (χ1) is 17.9. The lowest BCUT2D eigenvalue weighted by molar-refractivity contribution is -0.145. The van der Waals surface area contributed by atoms with Gasteiger partial charge in [-0.1, -0.05) is 68.9 Å². The Hall–Kier alpha value is -3.14. The molecule has 3 amide bonds. The number of unbranched alkanes of at least 4 members (excludes halogenated alkanes) is 5. The Balaban J connectivity index is 3.32. The average Bonchev–Trinajstić information content (AvgIpc) is 2.86. The van der Waals surface area contributed by atoms with E-state index in [4.69, 9.17) is 4.74 Å². The predicted octanol–water partition coefficient (Wildman–Crippen LogP) is 3.40. The number of rotatable bonds is 15. The number of alkyl carbamates (subject to hydrolysis) is 1. The van der Waals surface area contributed by atoms with Crippen LogP contribution in [0.3, 0.4) is 0 Å².